The average molecular weight is 275 g/mol. The zero-order valence-corrected chi connectivity index (χ0v) is 9.73. The van der Waals surface area contributed by atoms with Crippen LogP contribution in [0.5, 0.6) is 0 Å². The van der Waals surface area contributed by atoms with Crippen molar-refractivity contribution in [3.63, 3.8) is 0 Å². The minimum atomic E-state index is -4.63. The first-order chi connectivity index (χ1) is 7.76. The van der Waals surface area contributed by atoms with Gasteiger partial charge in [-0.15, -0.1) is 0 Å². The highest BCUT2D eigenvalue weighted by molar-refractivity contribution is 7.98. The van der Waals surface area contributed by atoms with Crippen molar-refractivity contribution in [2.45, 2.75) is 18.6 Å². The van der Waals surface area contributed by atoms with E-state index in [2.05, 4.69) is 4.74 Å². The quantitative estimate of drug-likeness (QED) is 0.768. The van der Waals surface area contributed by atoms with Gasteiger partial charge in [0.05, 0.1) is 0 Å². The Labute approximate surface area is 99.7 Å². The Kier molecular flexibility index (Phi) is 6.78. The van der Waals surface area contributed by atoms with Crippen molar-refractivity contribution in [1.29, 1.82) is 0 Å². The highest BCUT2D eigenvalue weighted by atomic mass is 32.2. The van der Waals surface area contributed by atoms with E-state index in [0.29, 0.717) is 5.75 Å². The predicted molar refractivity (Wildman–Crippen MR) is 55.0 cm³/mol. The molecule has 2 N–H and O–H groups in total. The summed E-state index contributed by atoms with van der Waals surface area (Å²) in [7, 11) is 0. The molecule has 17 heavy (non-hydrogen) atoms. The normalized spacial score (nSPS) is 12.9. The minimum absolute atomic E-state index is 0.109. The number of alkyl carbamates (subject to hydrolysis) is 1. The van der Waals surface area contributed by atoms with Crippen molar-refractivity contribution >= 4 is 23.8 Å². The molecule has 0 aromatic carbocycles. The number of hydrogen-bond acceptors (Lipinski definition) is 4. The number of ether oxygens (including phenoxy) is 1. The lowest BCUT2D eigenvalue weighted by molar-refractivity contribution is -0.160. The van der Waals surface area contributed by atoms with Gasteiger partial charge in [0.15, 0.2) is 6.61 Å². The van der Waals surface area contributed by atoms with Crippen LogP contribution < -0.4 is 5.32 Å². The Balaban J connectivity index is 4.08. The Bertz CT molecular complexity index is 272. The lowest BCUT2D eigenvalue weighted by Gasteiger charge is -2.14. The summed E-state index contributed by atoms with van der Waals surface area (Å²) in [4.78, 5) is 21.5. The summed E-state index contributed by atoms with van der Waals surface area (Å²) >= 11 is 1.36. The fourth-order valence-electron chi connectivity index (χ4n) is 0.824. The van der Waals surface area contributed by atoms with Gasteiger partial charge in [-0.1, -0.05) is 0 Å². The molecule has 0 spiro atoms. The van der Waals surface area contributed by atoms with E-state index in [4.69, 9.17) is 5.11 Å². The maximum absolute atomic E-state index is 11.7. The van der Waals surface area contributed by atoms with Gasteiger partial charge in [0.2, 0.25) is 0 Å². The Morgan fingerprint density at radius 3 is 2.47 bits per heavy atom. The smallest absolute Gasteiger partial charge is 0.422 e. The molecule has 0 unspecified atom stereocenters. The van der Waals surface area contributed by atoms with Crippen molar-refractivity contribution in [2.24, 2.45) is 0 Å². The van der Waals surface area contributed by atoms with Crippen LogP contribution in [-0.4, -0.2) is 48.0 Å². The van der Waals surface area contributed by atoms with E-state index in [0.717, 1.165) is 0 Å². The molecule has 0 aliphatic rings. The number of carbonyl (C=O) groups excluding carboxylic acids is 1. The van der Waals surface area contributed by atoms with Crippen LogP contribution in [0.1, 0.15) is 6.42 Å². The molecule has 0 aromatic heterocycles. The molecule has 0 aliphatic carbocycles. The summed E-state index contributed by atoms with van der Waals surface area (Å²) in [6.07, 6.45) is -4.18. The highest BCUT2D eigenvalue weighted by Crippen LogP contribution is 2.14. The first-order valence-corrected chi connectivity index (χ1v) is 5.87. The Hall–Kier alpha value is -1.12. The third-order valence-corrected chi connectivity index (χ3v) is 2.21. The third kappa shape index (κ3) is 8.66. The maximum atomic E-state index is 11.7. The van der Waals surface area contributed by atoms with Crippen molar-refractivity contribution in [2.75, 3.05) is 18.6 Å². The lowest BCUT2D eigenvalue weighted by Crippen LogP contribution is -2.42. The number of amides is 1. The second-order valence-electron chi connectivity index (χ2n) is 3.01. The maximum Gasteiger partial charge on any atom is 0.422 e. The van der Waals surface area contributed by atoms with Crippen LogP contribution in [0.3, 0.4) is 0 Å². The van der Waals surface area contributed by atoms with E-state index in [-0.39, 0.29) is 6.42 Å². The minimum Gasteiger partial charge on any atom is -0.480 e. The Morgan fingerprint density at radius 1 is 1.47 bits per heavy atom. The fraction of sp³-hybridized carbons (Fsp3) is 0.750. The summed E-state index contributed by atoms with van der Waals surface area (Å²) in [6.45, 7) is -1.74. The standard InChI is InChI=1S/C8H12F3NO4S/c1-17-3-2-5(6(13)14)12-7(15)16-4-8(9,10)11/h5H,2-4H2,1H3,(H,12,15)(H,13,14)/t5-/m1/s1. The van der Waals surface area contributed by atoms with Gasteiger partial charge in [-0.25, -0.2) is 9.59 Å². The molecule has 0 heterocycles. The van der Waals surface area contributed by atoms with Gasteiger partial charge in [-0.3, -0.25) is 0 Å². The van der Waals surface area contributed by atoms with E-state index in [1.807, 2.05) is 5.32 Å². The van der Waals surface area contributed by atoms with Gasteiger partial charge in [0.1, 0.15) is 6.04 Å². The summed E-state index contributed by atoms with van der Waals surface area (Å²) in [6, 6.07) is -1.25. The third-order valence-electron chi connectivity index (χ3n) is 1.57. The second-order valence-corrected chi connectivity index (χ2v) is 3.99. The van der Waals surface area contributed by atoms with E-state index < -0.39 is 30.9 Å². The number of thioether (sulfide) groups is 1. The predicted octanol–water partition coefficient (Wildman–Crippen LogP) is 1.48. The zero-order chi connectivity index (χ0) is 13.5. The van der Waals surface area contributed by atoms with Gasteiger partial charge in [0.25, 0.3) is 0 Å². The van der Waals surface area contributed by atoms with Crippen LogP contribution in [-0.2, 0) is 9.53 Å². The molecule has 0 fully saturated rings. The number of alkyl halides is 3. The van der Waals surface area contributed by atoms with Crippen molar-refractivity contribution < 1.29 is 32.6 Å². The van der Waals surface area contributed by atoms with Crippen molar-refractivity contribution in [3.05, 3.63) is 0 Å². The van der Waals surface area contributed by atoms with Crippen LogP contribution in [0.2, 0.25) is 0 Å². The number of carbonyl (C=O) groups is 2. The average Bonchev–Trinajstić information content (AvgIpc) is 2.19. The number of nitrogens with one attached hydrogen (secondary N) is 1. The van der Waals surface area contributed by atoms with Crippen LogP contribution in [0.25, 0.3) is 0 Å². The number of hydrogen-bond donors (Lipinski definition) is 2. The zero-order valence-electron chi connectivity index (χ0n) is 8.91. The van der Waals surface area contributed by atoms with Gasteiger partial charge in [-0.2, -0.15) is 24.9 Å². The SMILES string of the molecule is CSCC[C@@H](NC(=O)OCC(F)(F)F)C(=O)O. The molecule has 0 saturated carbocycles. The fourth-order valence-corrected chi connectivity index (χ4v) is 1.30. The van der Waals surface area contributed by atoms with E-state index in [9.17, 15) is 22.8 Å². The van der Waals surface area contributed by atoms with Gasteiger partial charge in [-0.05, 0) is 18.4 Å². The van der Waals surface area contributed by atoms with Gasteiger partial charge >= 0.3 is 18.2 Å². The van der Waals surface area contributed by atoms with Gasteiger partial charge in [0, 0.05) is 0 Å². The molecular weight excluding hydrogens is 263 g/mol. The monoisotopic (exact) mass is 275 g/mol. The molecule has 9 heteroatoms. The van der Waals surface area contributed by atoms with Gasteiger partial charge < -0.3 is 15.2 Å². The molecule has 0 radical (unpaired) electrons. The number of carboxylic acids is 1. The molecule has 1 atom stereocenters. The van der Waals surface area contributed by atoms with Crippen molar-refractivity contribution in [3.8, 4) is 0 Å². The molecule has 100 valence electrons. The summed E-state index contributed by atoms with van der Waals surface area (Å²) in [5, 5.41) is 10.5. The molecule has 5 nitrogen and oxygen atoms in total. The molecule has 1 amide bonds. The van der Waals surface area contributed by atoms with Crippen LogP contribution in [0.15, 0.2) is 0 Å². The van der Waals surface area contributed by atoms with E-state index >= 15 is 0 Å². The van der Waals surface area contributed by atoms with E-state index in [1.54, 1.807) is 6.26 Å². The second kappa shape index (κ2) is 7.25. The van der Waals surface area contributed by atoms with Crippen LogP contribution in [0.4, 0.5) is 18.0 Å². The number of carboxylic acid groups (broad SMARTS) is 1. The molecule has 0 aromatic rings. The number of halogens is 3. The highest BCUT2D eigenvalue weighted by Gasteiger charge is 2.30. The van der Waals surface area contributed by atoms with Crippen molar-refractivity contribution in [1.82, 2.24) is 5.32 Å². The number of aliphatic carboxylic acids is 1. The largest absolute Gasteiger partial charge is 0.480 e. The first-order valence-electron chi connectivity index (χ1n) is 4.48. The molecular formula is C8H12F3NO4S. The molecule has 0 bridgehead atoms. The lowest BCUT2D eigenvalue weighted by atomic mass is 10.2. The topological polar surface area (TPSA) is 75.6 Å². The van der Waals surface area contributed by atoms with E-state index in [1.165, 1.54) is 11.8 Å². The first kappa shape index (κ1) is 15.9. The molecule has 0 saturated heterocycles. The summed E-state index contributed by atoms with van der Waals surface area (Å²) in [5.41, 5.74) is 0. The number of rotatable bonds is 6. The summed E-state index contributed by atoms with van der Waals surface area (Å²) in [5.74, 6) is -0.862. The molecule has 0 aliphatic heterocycles. The van der Waals surface area contributed by atoms with Crippen LogP contribution >= 0.6 is 11.8 Å². The van der Waals surface area contributed by atoms with Crippen LogP contribution in [0, 0.1) is 0 Å². The Morgan fingerprint density at radius 2 is 2.06 bits per heavy atom. The molecule has 0 rings (SSSR count). The summed E-state index contributed by atoms with van der Waals surface area (Å²) < 4.78 is 38.9.